The van der Waals surface area contributed by atoms with E-state index in [1.54, 1.807) is 12.1 Å². The van der Waals surface area contributed by atoms with Gasteiger partial charge in [-0.15, -0.1) is 0 Å². The van der Waals surface area contributed by atoms with Crippen molar-refractivity contribution in [2.75, 3.05) is 5.32 Å². The second-order valence-electron chi connectivity index (χ2n) is 7.09. The summed E-state index contributed by atoms with van der Waals surface area (Å²) in [6.45, 7) is 6.21. The van der Waals surface area contributed by atoms with Crippen molar-refractivity contribution < 1.29 is 4.42 Å². The van der Waals surface area contributed by atoms with Gasteiger partial charge in [-0.2, -0.15) is 0 Å². The van der Waals surface area contributed by atoms with Crippen LogP contribution in [0.2, 0.25) is 0 Å². The van der Waals surface area contributed by atoms with Crippen LogP contribution in [0.5, 0.6) is 0 Å². The monoisotopic (exact) mass is 333 g/mol. The molecule has 0 aliphatic carbocycles. The van der Waals surface area contributed by atoms with Crippen molar-refractivity contribution >= 4 is 22.4 Å². The van der Waals surface area contributed by atoms with Gasteiger partial charge in [-0.25, -0.2) is 4.98 Å². The molecule has 0 unspecified atom stereocenters. The molecule has 0 bridgehead atoms. The van der Waals surface area contributed by atoms with Crippen molar-refractivity contribution in [2.24, 2.45) is 0 Å². The average molecular weight is 333 g/mol. The summed E-state index contributed by atoms with van der Waals surface area (Å²) in [4.78, 5) is 17.7. The summed E-state index contributed by atoms with van der Waals surface area (Å²) in [5.74, 6) is 0.783. The van der Waals surface area contributed by atoms with E-state index >= 15 is 0 Å². The number of benzene rings is 1. The molecule has 5 heteroatoms. The Bertz CT molecular complexity index is 1130. The number of hydrogen-bond donors (Lipinski definition) is 1. The quantitative estimate of drug-likeness (QED) is 0.593. The number of hydrogen-bond acceptors (Lipinski definition) is 4. The Labute approximate surface area is 144 Å². The van der Waals surface area contributed by atoms with Crippen LogP contribution in [0.25, 0.3) is 27.9 Å². The molecule has 0 spiro atoms. The minimum atomic E-state index is -0.183. The Balaban J connectivity index is 2.02. The zero-order chi connectivity index (χ0) is 17.6. The zero-order valence-electron chi connectivity index (χ0n) is 14.4. The lowest BCUT2D eigenvalue weighted by Crippen LogP contribution is -2.27. The van der Waals surface area contributed by atoms with Crippen LogP contribution in [0.3, 0.4) is 0 Å². The van der Waals surface area contributed by atoms with Crippen molar-refractivity contribution in [2.45, 2.75) is 26.3 Å². The molecule has 0 aliphatic heterocycles. The molecule has 3 aromatic heterocycles. The van der Waals surface area contributed by atoms with E-state index in [1.165, 1.54) is 6.26 Å². The van der Waals surface area contributed by atoms with E-state index in [9.17, 15) is 4.79 Å². The fraction of sp³-hybridized carbons (Fsp3) is 0.200. The van der Waals surface area contributed by atoms with Gasteiger partial charge in [-0.1, -0.05) is 18.2 Å². The van der Waals surface area contributed by atoms with Crippen molar-refractivity contribution in [1.82, 2.24) is 9.38 Å². The molecule has 1 aromatic carbocycles. The van der Waals surface area contributed by atoms with Crippen molar-refractivity contribution in [1.29, 1.82) is 0 Å². The fourth-order valence-corrected chi connectivity index (χ4v) is 2.90. The molecule has 1 N–H and O–H groups in total. The standard InChI is InChI=1S/C20H19N3O2/c1-20(2,3)22-19-17(21-16-10-6-7-11-23(16)19)14-12-25-15-9-5-4-8-13(15)18(14)24/h4-12,22H,1-3H3. The summed E-state index contributed by atoms with van der Waals surface area (Å²) >= 11 is 0. The predicted molar refractivity (Wildman–Crippen MR) is 100 cm³/mol. The molecule has 4 rings (SSSR count). The summed E-state index contributed by atoms with van der Waals surface area (Å²) in [7, 11) is 0. The van der Waals surface area contributed by atoms with Crippen LogP contribution in [-0.4, -0.2) is 14.9 Å². The number of aromatic nitrogens is 2. The lowest BCUT2D eigenvalue weighted by atomic mass is 10.1. The van der Waals surface area contributed by atoms with E-state index in [0.29, 0.717) is 22.2 Å². The average Bonchev–Trinajstić information content (AvgIpc) is 2.92. The van der Waals surface area contributed by atoms with Gasteiger partial charge in [0.05, 0.1) is 10.9 Å². The van der Waals surface area contributed by atoms with Crippen LogP contribution in [0.4, 0.5) is 5.82 Å². The van der Waals surface area contributed by atoms with Gasteiger partial charge in [-0.05, 0) is 45.0 Å². The van der Waals surface area contributed by atoms with Crippen molar-refractivity contribution in [3.8, 4) is 11.3 Å². The molecule has 0 amide bonds. The number of anilines is 1. The number of nitrogens with zero attached hydrogens (tertiary/aromatic N) is 2. The number of nitrogens with one attached hydrogen (secondary N) is 1. The van der Waals surface area contributed by atoms with Gasteiger partial charge in [-0.3, -0.25) is 9.20 Å². The highest BCUT2D eigenvalue weighted by Gasteiger charge is 2.21. The van der Waals surface area contributed by atoms with Gasteiger partial charge in [0.2, 0.25) is 5.43 Å². The first-order valence-corrected chi connectivity index (χ1v) is 8.20. The Morgan fingerprint density at radius 2 is 1.84 bits per heavy atom. The topological polar surface area (TPSA) is 59.5 Å². The Morgan fingerprint density at radius 1 is 1.08 bits per heavy atom. The van der Waals surface area contributed by atoms with E-state index in [1.807, 2.05) is 40.9 Å². The normalized spacial score (nSPS) is 12.0. The highest BCUT2D eigenvalue weighted by molar-refractivity contribution is 5.84. The smallest absolute Gasteiger partial charge is 0.202 e. The molecule has 0 radical (unpaired) electrons. The Morgan fingerprint density at radius 3 is 2.64 bits per heavy atom. The highest BCUT2D eigenvalue weighted by Crippen LogP contribution is 2.30. The third-order valence-electron chi connectivity index (χ3n) is 3.96. The molecule has 0 saturated carbocycles. The minimum Gasteiger partial charge on any atom is -0.463 e. The Kier molecular flexibility index (Phi) is 3.39. The third kappa shape index (κ3) is 2.67. The number of para-hydroxylation sites is 1. The minimum absolute atomic E-state index is 0.0813. The van der Waals surface area contributed by atoms with Gasteiger partial charge in [0.25, 0.3) is 0 Å². The van der Waals surface area contributed by atoms with Gasteiger partial charge in [0, 0.05) is 11.7 Å². The maximum Gasteiger partial charge on any atom is 0.202 e. The first kappa shape index (κ1) is 15.4. The summed E-state index contributed by atoms with van der Waals surface area (Å²) in [5.41, 5.74) is 2.14. The second kappa shape index (κ2) is 5.48. The molecule has 5 nitrogen and oxygen atoms in total. The maximum absolute atomic E-state index is 13.0. The molecule has 4 aromatic rings. The first-order chi connectivity index (χ1) is 11.9. The molecule has 25 heavy (non-hydrogen) atoms. The molecular weight excluding hydrogens is 314 g/mol. The van der Waals surface area contributed by atoms with E-state index in [4.69, 9.17) is 4.42 Å². The summed E-state index contributed by atoms with van der Waals surface area (Å²) in [5, 5.41) is 4.02. The van der Waals surface area contributed by atoms with Gasteiger partial charge in [0.15, 0.2) is 0 Å². The summed E-state index contributed by atoms with van der Waals surface area (Å²) in [6.07, 6.45) is 3.43. The maximum atomic E-state index is 13.0. The molecule has 126 valence electrons. The molecule has 0 atom stereocenters. The highest BCUT2D eigenvalue weighted by atomic mass is 16.3. The largest absolute Gasteiger partial charge is 0.463 e. The number of rotatable bonds is 2. The molecule has 0 saturated heterocycles. The van der Waals surface area contributed by atoms with Crippen LogP contribution in [0.15, 0.2) is 64.1 Å². The summed E-state index contributed by atoms with van der Waals surface area (Å²) in [6, 6.07) is 13.0. The second-order valence-corrected chi connectivity index (χ2v) is 7.09. The number of pyridine rings is 1. The first-order valence-electron chi connectivity index (χ1n) is 8.20. The van der Waals surface area contributed by atoms with Crippen molar-refractivity contribution in [3.05, 3.63) is 65.1 Å². The van der Waals surface area contributed by atoms with Crippen LogP contribution < -0.4 is 10.7 Å². The molecule has 3 heterocycles. The van der Waals surface area contributed by atoms with Gasteiger partial charge < -0.3 is 9.73 Å². The van der Waals surface area contributed by atoms with E-state index in [-0.39, 0.29) is 11.0 Å². The zero-order valence-corrected chi connectivity index (χ0v) is 14.4. The van der Waals surface area contributed by atoms with Crippen LogP contribution in [0.1, 0.15) is 20.8 Å². The van der Waals surface area contributed by atoms with E-state index in [0.717, 1.165) is 11.5 Å². The third-order valence-corrected chi connectivity index (χ3v) is 3.96. The lowest BCUT2D eigenvalue weighted by Gasteiger charge is -2.22. The number of imidazole rings is 1. The van der Waals surface area contributed by atoms with Crippen LogP contribution in [-0.2, 0) is 0 Å². The van der Waals surface area contributed by atoms with Crippen LogP contribution >= 0.6 is 0 Å². The number of fused-ring (bicyclic) bond motifs is 2. The van der Waals surface area contributed by atoms with Gasteiger partial charge >= 0.3 is 0 Å². The SMILES string of the molecule is CC(C)(C)Nc1c(-c2coc3ccccc3c2=O)nc2ccccn12. The van der Waals surface area contributed by atoms with E-state index < -0.39 is 0 Å². The van der Waals surface area contributed by atoms with Crippen LogP contribution in [0, 0.1) is 0 Å². The predicted octanol–water partition coefficient (Wildman–Crippen LogP) is 4.32. The fourth-order valence-electron chi connectivity index (χ4n) is 2.90. The summed E-state index contributed by atoms with van der Waals surface area (Å²) < 4.78 is 7.64. The molecule has 0 fully saturated rings. The Hall–Kier alpha value is -3.08. The molecular formula is C20H19N3O2. The lowest BCUT2D eigenvalue weighted by molar-refractivity contribution is 0.604. The molecule has 0 aliphatic rings. The van der Waals surface area contributed by atoms with E-state index in [2.05, 4.69) is 31.1 Å². The van der Waals surface area contributed by atoms with Gasteiger partial charge in [0.1, 0.15) is 29.0 Å². The van der Waals surface area contributed by atoms with Crippen molar-refractivity contribution in [3.63, 3.8) is 0 Å².